The lowest BCUT2D eigenvalue weighted by Gasteiger charge is -2.18. The largest absolute Gasteiger partial charge is 0.497 e. The fraction of sp³-hybridized carbons (Fsp3) is 0.385. The Balaban J connectivity index is 1.68. The number of anilines is 2. The van der Waals surface area contributed by atoms with E-state index in [0.29, 0.717) is 40.6 Å². The van der Waals surface area contributed by atoms with Gasteiger partial charge in [0.1, 0.15) is 11.5 Å². The topological polar surface area (TPSA) is 107 Å². The number of nitrogens with zero attached hydrogens (tertiary/aromatic N) is 3. The van der Waals surface area contributed by atoms with Gasteiger partial charge in [0.15, 0.2) is 17.1 Å². The second-order valence-electron chi connectivity index (χ2n) is 8.83. The van der Waals surface area contributed by atoms with Crippen molar-refractivity contribution in [2.75, 3.05) is 23.5 Å². The first-order chi connectivity index (χ1) is 17.2. The van der Waals surface area contributed by atoms with Gasteiger partial charge < -0.3 is 24.7 Å². The Kier molecular flexibility index (Phi) is 9.35. The molecule has 0 aliphatic rings. The Hall–Kier alpha value is -3.53. The molecule has 0 spiro atoms. The van der Waals surface area contributed by atoms with E-state index in [2.05, 4.69) is 34.7 Å². The number of carbonyl (C=O) groups is 2. The number of thioether (sulfide) groups is 1. The maximum absolute atomic E-state index is 12.7. The second-order valence-corrected chi connectivity index (χ2v) is 9.77. The standard InChI is InChI=1S/C26H33N5O4S/c1-16(2)14-31-25(18(4)35-22-11-9-21(34-6)10-12-22)29-30-26(31)36-15-24(33)28-20-8-7-17(3)23(13-20)27-19(5)32/h7-13,16,18H,14-15H2,1-6H3,(H,27,32)(H,28,33). The van der Waals surface area contributed by atoms with Crippen molar-refractivity contribution in [3.8, 4) is 11.5 Å². The molecule has 0 saturated heterocycles. The quantitative estimate of drug-likeness (QED) is 0.346. The minimum Gasteiger partial charge on any atom is -0.497 e. The first kappa shape index (κ1) is 27.1. The number of carbonyl (C=O) groups excluding carboxylic acids is 2. The maximum atomic E-state index is 12.7. The first-order valence-electron chi connectivity index (χ1n) is 11.7. The number of ether oxygens (including phenoxy) is 2. The van der Waals surface area contributed by atoms with Gasteiger partial charge in [-0.3, -0.25) is 9.59 Å². The summed E-state index contributed by atoms with van der Waals surface area (Å²) >= 11 is 1.32. The van der Waals surface area contributed by atoms with Gasteiger partial charge >= 0.3 is 0 Å². The van der Waals surface area contributed by atoms with E-state index in [0.717, 1.165) is 11.3 Å². The highest BCUT2D eigenvalue weighted by Gasteiger charge is 2.21. The van der Waals surface area contributed by atoms with Crippen LogP contribution in [0, 0.1) is 12.8 Å². The van der Waals surface area contributed by atoms with Crippen LogP contribution in [-0.2, 0) is 16.1 Å². The summed E-state index contributed by atoms with van der Waals surface area (Å²) in [5, 5.41) is 15.0. The molecule has 0 radical (unpaired) electrons. The second kappa shape index (κ2) is 12.4. The highest BCUT2D eigenvalue weighted by atomic mass is 32.2. The number of rotatable bonds is 11. The average molecular weight is 512 g/mol. The molecular weight excluding hydrogens is 478 g/mol. The highest BCUT2D eigenvalue weighted by Crippen LogP contribution is 2.27. The molecule has 3 rings (SSSR count). The van der Waals surface area contributed by atoms with Crippen LogP contribution in [0.15, 0.2) is 47.6 Å². The Morgan fingerprint density at radius 2 is 1.72 bits per heavy atom. The number of methoxy groups -OCH3 is 1. The van der Waals surface area contributed by atoms with Crippen molar-refractivity contribution in [1.29, 1.82) is 0 Å². The summed E-state index contributed by atoms with van der Waals surface area (Å²) in [5.41, 5.74) is 2.19. The normalized spacial score (nSPS) is 11.8. The van der Waals surface area contributed by atoms with Gasteiger partial charge in [-0.05, 0) is 61.7 Å². The van der Waals surface area contributed by atoms with Gasteiger partial charge in [-0.1, -0.05) is 31.7 Å². The van der Waals surface area contributed by atoms with Crippen LogP contribution in [0.4, 0.5) is 11.4 Å². The van der Waals surface area contributed by atoms with Gasteiger partial charge in [0.25, 0.3) is 0 Å². The molecule has 9 nitrogen and oxygen atoms in total. The Bertz CT molecular complexity index is 1190. The van der Waals surface area contributed by atoms with Crippen molar-refractivity contribution in [3.05, 3.63) is 53.9 Å². The summed E-state index contributed by atoms with van der Waals surface area (Å²) in [5.74, 6) is 2.32. The maximum Gasteiger partial charge on any atom is 0.234 e. The van der Waals surface area contributed by atoms with Crippen LogP contribution in [0.5, 0.6) is 11.5 Å². The zero-order valence-electron chi connectivity index (χ0n) is 21.5. The van der Waals surface area contributed by atoms with Gasteiger partial charge in [0.2, 0.25) is 11.8 Å². The van der Waals surface area contributed by atoms with Crippen molar-refractivity contribution >= 4 is 35.0 Å². The van der Waals surface area contributed by atoms with E-state index in [-0.39, 0.29) is 23.7 Å². The highest BCUT2D eigenvalue weighted by molar-refractivity contribution is 7.99. The predicted octanol–water partition coefficient (Wildman–Crippen LogP) is 5.08. The molecule has 0 aliphatic carbocycles. The number of amides is 2. The zero-order valence-corrected chi connectivity index (χ0v) is 22.3. The van der Waals surface area contributed by atoms with Crippen molar-refractivity contribution in [2.24, 2.45) is 5.92 Å². The van der Waals surface area contributed by atoms with Crippen LogP contribution in [0.2, 0.25) is 0 Å². The van der Waals surface area contributed by atoms with Crippen LogP contribution < -0.4 is 20.1 Å². The molecule has 36 heavy (non-hydrogen) atoms. The molecule has 0 fully saturated rings. The molecule has 0 bridgehead atoms. The van der Waals surface area contributed by atoms with Gasteiger partial charge in [0, 0.05) is 24.8 Å². The van der Waals surface area contributed by atoms with Crippen molar-refractivity contribution in [2.45, 2.75) is 52.4 Å². The molecule has 2 N–H and O–H groups in total. The fourth-order valence-corrected chi connectivity index (χ4v) is 4.26. The summed E-state index contributed by atoms with van der Waals surface area (Å²) in [4.78, 5) is 24.1. The average Bonchev–Trinajstić information content (AvgIpc) is 3.22. The number of nitrogens with one attached hydrogen (secondary N) is 2. The molecule has 3 aromatic rings. The Morgan fingerprint density at radius 3 is 2.36 bits per heavy atom. The molecule has 192 valence electrons. The van der Waals surface area contributed by atoms with Gasteiger partial charge in [-0.15, -0.1) is 10.2 Å². The van der Waals surface area contributed by atoms with E-state index in [1.807, 2.05) is 48.7 Å². The summed E-state index contributed by atoms with van der Waals surface area (Å²) in [6.07, 6.45) is -0.340. The minimum absolute atomic E-state index is 0.160. The van der Waals surface area contributed by atoms with Crippen LogP contribution in [0.25, 0.3) is 0 Å². The van der Waals surface area contributed by atoms with E-state index in [9.17, 15) is 9.59 Å². The van der Waals surface area contributed by atoms with Gasteiger partial charge in [0.05, 0.1) is 12.9 Å². The Morgan fingerprint density at radius 1 is 1.03 bits per heavy atom. The predicted molar refractivity (Wildman–Crippen MR) is 142 cm³/mol. The number of hydrogen-bond donors (Lipinski definition) is 2. The van der Waals surface area contributed by atoms with Crippen LogP contribution >= 0.6 is 11.8 Å². The molecule has 1 heterocycles. The number of benzene rings is 2. The number of aryl methyl sites for hydroxylation is 1. The van der Waals surface area contributed by atoms with Crippen molar-refractivity contribution in [3.63, 3.8) is 0 Å². The molecule has 0 aliphatic heterocycles. The van der Waals surface area contributed by atoms with E-state index in [1.165, 1.54) is 18.7 Å². The summed E-state index contributed by atoms with van der Waals surface area (Å²) in [6, 6.07) is 12.8. The molecule has 2 amide bonds. The third kappa shape index (κ3) is 7.48. The monoisotopic (exact) mass is 511 g/mol. The fourth-order valence-electron chi connectivity index (χ4n) is 3.51. The van der Waals surface area contributed by atoms with Gasteiger partial charge in [-0.2, -0.15) is 0 Å². The summed E-state index contributed by atoms with van der Waals surface area (Å²) in [6.45, 7) is 10.2. The Labute approximate surface area is 216 Å². The molecule has 1 aromatic heterocycles. The van der Waals surface area contributed by atoms with Crippen LogP contribution in [-0.4, -0.2) is 39.4 Å². The molecule has 0 saturated carbocycles. The first-order valence-corrected chi connectivity index (χ1v) is 12.7. The van der Waals surface area contributed by atoms with Crippen LogP contribution in [0.3, 0.4) is 0 Å². The molecular formula is C26H33N5O4S. The SMILES string of the molecule is COc1ccc(OC(C)c2nnc(SCC(=O)Nc3ccc(C)c(NC(C)=O)c3)n2CC(C)C)cc1. The smallest absolute Gasteiger partial charge is 0.234 e. The zero-order chi connectivity index (χ0) is 26.2. The van der Waals surface area contributed by atoms with E-state index >= 15 is 0 Å². The molecule has 1 unspecified atom stereocenters. The third-order valence-corrected chi connectivity index (χ3v) is 6.16. The number of hydrogen-bond acceptors (Lipinski definition) is 7. The number of aromatic nitrogens is 3. The van der Waals surface area contributed by atoms with E-state index < -0.39 is 0 Å². The summed E-state index contributed by atoms with van der Waals surface area (Å²) in [7, 11) is 1.62. The third-order valence-electron chi connectivity index (χ3n) is 5.19. The molecule has 2 aromatic carbocycles. The molecule has 1 atom stereocenters. The minimum atomic E-state index is -0.340. The lowest BCUT2D eigenvalue weighted by atomic mass is 10.2. The molecule has 10 heteroatoms. The lowest BCUT2D eigenvalue weighted by Crippen LogP contribution is -2.17. The van der Waals surface area contributed by atoms with E-state index in [4.69, 9.17) is 9.47 Å². The lowest BCUT2D eigenvalue weighted by molar-refractivity contribution is -0.114. The van der Waals surface area contributed by atoms with Crippen molar-refractivity contribution < 1.29 is 19.1 Å². The summed E-state index contributed by atoms with van der Waals surface area (Å²) < 4.78 is 13.3. The van der Waals surface area contributed by atoms with E-state index in [1.54, 1.807) is 19.2 Å². The van der Waals surface area contributed by atoms with Crippen LogP contribution in [0.1, 0.15) is 45.2 Å². The van der Waals surface area contributed by atoms with Crippen molar-refractivity contribution in [1.82, 2.24) is 14.8 Å². The van der Waals surface area contributed by atoms with Gasteiger partial charge in [-0.25, -0.2) is 0 Å².